The summed E-state index contributed by atoms with van der Waals surface area (Å²) < 4.78 is 16.2. The van der Waals surface area contributed by atoms with Crippen LogP contribution in [0, 0.1) is 5.82 Å². The van der Waals surface area contributed by atoms with Gasteiger partial charge in [0.15, 0.2) is 0 Å². The summed E-state index contributed by atoms with van der Waals surface area (Å²) in [5.74, 6) is -0.245. The van der Waals surface area contributed by atoms with E-state index in [2.05, 4.69) is 4.98 Å². The molecule has 2 aromatic heterocycles. The van der Waals surface area contributed by atoms with E-state index in [1.54, 1.807) is 41.4 Å². The van der Waals surface area contributed by atoms with Gasteiger partial charge in [-0.25, -0.2) is 9.37 Å². The Morgan fingerprint density at radius 2 is 1.90 bits per heavy atom. The first-order valence-corrected chi connectivity index (χ1v) is 11.4. The number of imidazole rings is 1. The van der Waals surface area contributed by atoms with Gasteiger partial charge in [-0.1, -0.05) is 48.1 Å². The van der Waals surface area contributed by atoms with Crippen LogP contribution in [0.15, 0.2) is 78.7 Å². The van der Waals surface area contributed by atoms with Gasteiger partial charge >= 0.3 is 0 Å². The predicted octanol–water partition coefficient (Wildman–Crippen LogP) is 7.25. The Morgan fingerprint density at radius 3 is 2.59 bits per heavy atom. The van der Waals surface area contributed by atoms with E-state index in [4.69, 9.17) is 23.8 Å². The number of nitrogens with zero attached hydrogens (tertiary/aromatic N) is 2. The summed E-state index contributed by atoms with van der Waals surface area (Å²) in [6, 6.07) is 16.4. The molecule has 0 amide bonds. The summed E-state index contributed by atoms with van der Waals surface area (Å²) in [5.41, 5.74) is 3.14. The molecule has 2 nitrogen and oxygen atoms in total. The van der Waals surface area contributed by atoms with Crippen molar-refractivity contribution in [1.29, 1.82) is 0 Å². The van der Waals surface area contributed by atoms with E-state index in [1.165, 1.54) is 12.1 Å². The van der Waals surface area contributed by atoms with Crippen LogP contribution in [0.3, 0.4) is 0 Å². The van der Waals surface area contributed by atoms with Crippen molar-refractivity contribution in [2.75, 3.05) is 0 Å². The highest BCUT2D eigenvalue weighted by Gasteiger charge is 2.20. The Labute approximate surface area is 187 Å². The van der Waals surface area contributed by atoms with Gasteiger partial charge in [0.05, 0.1) is 20.7 Å². The molecule has 0 saturated heterocycles. The highest BCUT2D eigenvalue weighted by atomic mass is 35.5. The molecule has 4 rings (SSSR count). The zero-order valence-corrected chi connectivity index (χ0v) is 18.4. The molecule has 2 heterocycles. The second-order valence-corrected chi connectivity index (χ2v) is 9.61. The highest BCUT2D eigenvalue weighted by Crippen LogP contribution is 2.39. The van der Waals surface area contributed by atoms with Crippen LogP contribution < -0.4 is 0 Å². The number of halogens is 2. The third kappa shape index (κ3) is 4.95. The number of rotatable bonds is 6. The zero-order valence-electron chi connectivity index (χ0n) is 15.2. The molecule has 0 radical (unpaired) electrons. The zero-order chi connectivity index (χ0) is 20.2. The number of hydrogen-bond acceptors (Lipinski definition) is 4. The average Bonchev–Trinajstić information content (AvgIpc) is 3.40. The van der Waals surface area contributed by atoms with Gasteiger partial charge in [0, 0.05) is 29.5 Å². The molecule has 0 N–H and O–H groups in total. The molecule has 0 aliphatic heterocycles. The molecular formula is C22H16ClFN2S3. The predicted molar refractivity (Wildman–Crippen MR) is 125 cm³/mol. The highest BCUT2D eigenvalue weighted by molar-refractivity contribution is 8.24. The largest absolute Gasteiger partial charge is 0.336 e. The molecule has 146 valence electrons. The van der Waals surface area contributed by atoms with Crippen LogP contribution in [0.25, 0.3) is 11.1 Å². The van der Waals surface area contributed by atoms with Crippen LogP contribution >= 0.6 is 46.9 Å². The Bertz CT molecular complexity index is 1090. The van der Waals surface area contributed by atoms with Crippen LogP contribution in [0.5, 0.6) is 0 Å². The minimum absolute atomic E-state index is 0.108. The van der Waals surface area contributed by atoms with E-state index < -0.39 is 0 Å². The average molecular weight is 459 g/mol. The van der Waals surface area contributed by atoms with E-state index in [1.807, 2.05) is 52.8 Å². The maximum atomic E-state index is 13.3. The van der Waals surface area contributed by atoms with E-state index >= 15 is 0 Å². The van der Waals surface area contributed by atoms with E-state index in [0.717, 1.165) is 32.3 Å². The Morgan fingerprint density at radius 1 is 1.14 bits per heavy atom. The number of hydrogen-bond donors (Lipinski definition) is 0. The van der Waals surface area contributed by atoms with Gasteiger partial charge in [-0.05, 0) is 46.8 Å². The number of thioether (sulfide) groups is 1. The summed E-state index contributed by atoms with van der Waals surface area (Å²) in [7, 11) is 0. The SMILES string of the molecule is Fc1ccc(-c2ccsc2C(=S)SC(Cn2ccnc2)c2ccc(Cl)cc2)cc1. The number of benzene rings is 2. The molecule has 7 heteroatoms. The second kappa shape index (κ2) is 9.22. The van der Waals surface area contributed by atoms with Crippen molar-refractivity contribution in [2.45, 2.75) is 11.8 Å². The lowest BCUT2D eigenvalue weighted by molar-refractivity contribution is 0.628. The van der Waals surface area contributed by atoms with Crippen molar-refractivity contribution in [3.63, 3.8) is 0 Å². The lowest BCUT2D eigenvalue weighted by Gasteiger charge is -2.18. The molecule has 0 bridgehead atoms. The van der Waals surface area contributed by atoms with Gasteiger partial charge in [0.25, 0.3) is 0 Å². The van der Waals surface area contributed by atoms with Gasteiger partial charge in [-0.15, -0.1) is 23.1 Å². The van der Waals surface area contributed by atoms with Crippen LogP contribution in [0.4, 0.5) is 4.39 Å². The molecule has 0 fully saturated rings. The van der Waals surface area contributed by atoms with Crippen molar-refractivity contribution in [2.24, 2.45) is 0 Å². The van der Waals surface area contributed by atoms with Crippen LogP contribution in [0.1, 0.15) is 15.7 Å². The van der Waals surface area contributed by atoms with Gasteiger partial charge in [-0.3, -0.25) is 0 Å². The fraction of sp³-hybridized carbons (Fsp3) is 0.0909. The number of aromatic nitrogens is 2. The topological polar surface area (TPSA) is 17.8 Å². The van der Waals surface area contributed by atoms with E-state index in [-0.39, 0.29) is 11.1 Å². The van der Waals surface area contributed by atoms with Gasteiger partial charge in [0.2, 0.25) is 0 Å². The molecule has 0 aliphatic rings. The molecule has 1 atom stereocenters. The maximum Gasteiger partial charge on any atom is 0.123 e. The smallest absolute Gasteiger partial charge is 0.123 e. The molecular weight excluding hydrogens is 443 g/mol. The normalized spacial score (nSPS) is 12.1. The molecule has 0 spiro atoms. The molecule has 29 heavy (non-hydrogen) atoms. The first-order chi connectivity index (χ1) is 14.1. The molecule has 0 saturated carbocycles. The summed E-state index contributed by atoms with van der Waals surface area (Å²) in [6.07, 6.45) is 5.52. The summed E-state index contributed by atoms with van der Waals surface area (Å²) in [5, 5.41) is 2.84. The summed E-state index contributed by atoms with van der Waals surface area (Å²) in [4.78, 5) is 5.17. The fourth-order valence-electron chi connectivity index (χ4n) is 2.98. The minimum atomic E-state index is -0.245. The quantitative estimate of drug-likeness (QED) is 0.283. The summed E-state index contributed by atoms with van der Waals surface area (Å²) in [6.45, 7) is 0.740. The van der Waals surface area contributed by atoms with Crippen molar-refractivity contribution >= 4 is 51.1 Å². The molecule has 4 aromatic rings. The Hall–Kier alpha value is -1.99. The molecule has 0 aliphatic carbocycles. The monoisotopic (exact) mass is 458 g/mol. The lowest BCUT2D eigenvalue weighted by Crippen LogP contribution is -2.07. The van der Waals surface area contributed by atoms with E-state index in [0.29, 0.717) is 5.02 Å². The second-order valence-electron chi connectivity index (χ2n) is 6.38. The van der Waals surface area contributed by atoms with E-state index in [9.17, 15) is 4.39 Å². The Kier molecular flexibility index (Phi) is 6.45. The minimum Gasteiger partial charge on any atom is -0.336 e. The van der Waals surface area contributed by atoms with Crippen LogP contribution in [0.2, 0.25) is 5.02 Å². The standard InChI is InChI=1S/C22H16ClFN2S3/c23-17-5-1-16(2-6-17)20(13-26-11-10-25-14-26)29-22(27)21-19(9-12-28-21)15-3-7-18(24)8-4-15/h1-12,14,20H,13H2. The third-order valence-electron chi connectivity index (χ3n) is 4.43. The molecule has 1 unspecified atom stereocenters. The van der Waals surface area contributed by atoms with Gasteiger partial charge in [-0.2, -0.15) is 0 Å². The van der Waals surface area contributed by atoms with Gasteiger partial charge < -0.3 is 4.57 Å². The van der Waals surface area contributed by atoms with Crippen LogP contribution in [-0.4, -0.2) is 13.7 Å². The maximum absolute atomic E-state index is 13.3. The first kappa shape index (κ1) is 20.3. The number of thiocarbonyl (C=S) groups is 1. The Balaban J connectivity index is 1.61. The van der Waals surface area contributed by atoms with Crippen LogP contribution in [-0.2, 0) is 6.54 Å². The molecule has 2 aromatic carbocycles. The van der Waals surface area contributed by atoms with Gasteiger partial charge in [0.1, 0.15) is 5.82 Å². The van der Waals surface area contributed by atoms with Crippen molar-refractivity contribution in [1.82, 2.24) is 9.55 Å². The first-order valence-electron chi connectivity index (χ1n) is 8.86. The fourth-order valence-corrected chi connectivity index (χ4v) is 5.76. The third-order valence-corrected chi connectivity index (χ3v) is 7.49. The summed E-state index contributed by atoms with van der Waals surface area (Å²) >= 11 is 15.2. The van der Waals surface area contributed by atoms with Crippen molar-refractivity contribution < 1.29 is 4.39 Å². The van der Waals surface area contributed by atoms with Crippen molar-refractivity contribution in [3.8, 4) is 11.1 Å². The van der Waals surface area contributed by atoms with Crippen molar-refractivity contribution in [3.05, 3.63) is 100.0 Å². The lowest BCUT2D eigenvalue weighted by atomic mass is 10.1. The number of thiophene rings is 1.